The minimum absolute atomic E-state index is 0.0440. The molecule has 2 nitrogen and oxygen atoms in total. The van der Waals surface area contributed by atoms with Crippen LogP contribution in [0.5, 0.6) is 0 Å². The second-order valence-corrected chi connectivity index (χ2v) is 3.03. The first-order chi connectivity index (χ1) is 5.34. The molecular formula is C9H15NO. The number of hydrogen-bond acceptors (Lipinski definition) is 2. The summed E-state index contributed by atoms with van der Waals surface area (Å²) < 4.78 is 0. The van der Waals surface area contributed by atoms with E-state index in [0.29, 0.717) is 0 Å². The van der Waals surface area contributed by atoms with E-state index < -0.39 is 0 Å². The molecule has 0 spiro atoms. The van der Waals surface area contributed by atoms with Crippen LogP contribution >= 0.6 is 0 Å². The van der Waals surface area contributed by atoms with E-state index in [4.69, 9.17) is 6.92 Å². The zero-order valence-electron chi connectivity index (χ0n) is 6.81. The highest BCUT2D eigenvalue weighted by molar-refractivity contribution is 5.84. The highest BCUT2D eigenvalue weighted by atomic mass is 16.1. The largest absolute Gasteiger partial charge is 0.307 e. The van der Waals surface area contributed by atoms with Crippen LogP contribution < -0.4 is 5.32 Å². The number of nitrogens with one attached hydrogen (secondary N) is 1. The third kappa shape index (κ3) is 2.62. The van der Waals surface area contributed by atoms with E-state index in [0.717, 1.165) is 19.4 Å². The second kappa shape index (κ2) is 4.50. The van der Waals surface area contributed by atoms with Gasteiger partial charge in [-0.2, -0.15) is 0 Å². The lowest BCUT2D eigenvalue weighted by Gasteiger charge is -2.12. The van der Waals surface area contributed by atoms with Crippen molar-refractivity contribution in [3.63, 3.8) is 0 Å². The fourth-order valence-electron chi connectivity index (χ4n) is 1.45. The summed E-state index contributed by atoms with van der Waals surface area (Å²) in [6.07, 6.45) is 4.73. The highest BCUT2D eigenvalue weighted by Crippen LogP contribution is 2.09. The topological polar surface area (TPSA) is 29.1 Å². The molecule has 0 aromatic carbocycles. The van der Waals surface area contributed by atoms with Gasteiger partial charge in [0.25, 0.3) is 0 Å². The maximum Gasteiger partial charge on any atom is 0.150 e. The SMILES string of the molecule is [CH]CC(=O)C1CCCCCN1. The lowest BCUT2D eigenvalue weighted by Crippen LogP contribution is -2.35. The minimum Gasteiger partial charge on any atom is -0.307 e. The van der Waals surface area contributed by atoms with Crippen LogP contribution in [0.1, 0.15) is 32.1 Å². The van der Waals surface area contributed by atoms with Crippen molar-refractivity contribution in [2.75, 3.05) is 6.54 Å². The van der Waals surface area contributed by atoms with Gasteiger partial charge in [0.15, 0.2) is 0 Å². The number of rotatable bonds is 2. The molecule has 0 aliphatic carbocycles. The minimum atomic E-state index is 0.0440. The maximum atomic E-state index is 11.1. The van der Waals surface area contributed by atoms with Crippen molar-refractivity contribution in [2.24, 2.45) is 0 Å². The van der Waals surface area contributed by atoms with E-state index in [1.807, 2.05) is 0 Å². The summed E-state index contributed by atoms with van der Waals surface area (Å²) in [6, 6.07) is 0.0440. The smallest absolute Gasteiger partial charge is 0.150 e. The van der Waals surface area contributed by atoms with E-state index in [1.165, 1.54) is 12.8 Å². The molecule has 2 radical (unpaired) electrons. The molecule has 1 aliphatic heterocycles. The number of ketones is 1. The van der Waals surface area contributed by atoms with Crippen LogP contribution in [0.2, 0.25) is 0 Å². The summed E-state index contributed by atoms with van der Waals surface area (Å²) >= 11 is 0. The van der Waals surface area contributed by atoms with Gasteiger partial charge in [0.05, 0.1) is 6.04 Å². The Morgan fingerprint density at radius 2 is 2.27 bits per heavy atom. The van der Waals surface area contributed by atoms with Gasteiger partial charge in [-0.05, 0) is 26.3 Å². The fourth-order valence-corrected chi connectivity index (χ4v) is 1.45. The lowest BCUT2D eigenvalue weighted by atomic mass is 10.1. The molecule has 1 unspecified atom stereocenters. The molecule has 0 bridgehead atoms. The lowest BCUT2D eigenvalue weighted by molar-refractivity contribution is -0.120. The molecule has 0 aromatic rings. The van der Waals surface area contributed by atoms with Crippen LogP contribution in [0.3, 0.4) is 0 Å². The van der Waals surface area contributed by atoms with Crippen LogP contribution in [0.15, 0.2) is 0 Å². The summed E-state index contributed by atoms with van der Waals surface area (Å²) in [5, 5.41) is 3.20. The highest BCUT2D eigenvalue weighted by Gasteiger charge is 2.16. The van der Waals surface area contributed by atoms with Crippen LogP contribution in [0, 0.1) is 6.92 Å². The summed E-state index contributed by atoms with van der Waals surface area (Å²) in [7, 11) is 0. The standard InChI is InChI=1S/C9H15NO/c1-2-9(11)8-6-4-3-5-7-10-8/h1,8,10H,2-7H2. The third-order valence-corrected chi connectivity index (χ3v) is 2.15. The molecular weight excluding hydrogens is 138 g/mol. The van der Waals surface area contributed by atoms with Gasteiger partial charge in [-0.15, -0.1) is 0 Å². The van der Waals surface area contributed by atoms with Crippen molar-refractivity contribution in [1.29, 1.82) is 0 Å². The van der Waals surface area contributed by atoms with Gasteiger partial charge in [0, 0.05) is 6.42 Å². The van der Waals surface area contributed by atoms with Gasteiger partial charge in [0.1, 0.15) is 5.78 Å². The Labute approximate surface area is 68.4 Å². The zero-order chi connectivity index (χ0) is 8.10. The van der Waals surface area contributed by atoms with Crippen molar-refractivity contribution < 1.29 is 4.79 Å². The molecule has 0 aromatic heterocycles. The average molecular weight is 153 g/mol. The Bertz CT molecular complexity index is 126. The van der Waals surface area contributed by atoms with Crippen LogP contribution in [-0.4, -0.2) is 18.4 Å². The molecule has 1 rings (SSSR count). The van der Waals surface area contributed by atoms with Gasteiger partial charge in [-0.1, -0.05) is 12.8 Å². The van der Waals surface area contributed by atoms with E-state index in [9.17, 15) is 4.79 Å². The molecule has 1 aliphatic rings. The normalized spacial score (nSPS) is 26.1. The van der Waals surface area contributed by atoms with E-state index in [2.05, 4.69) is 5.32 Å². The first-order valence-corrected chi connectivity index (χ1v) is 4.31. The van der Waals surface area contributed by atoms with E-state index in [1.54, 1.807) is 0 Å². The molecule has 1 heterocycles. The van der Waals surface area contributed by atoms with E-state index in [-0.39, 0.29) is 18.2 Å². The molecule has 62 valence electrons. The molecule has 1 N–H and O–H groups in total. The Morgan fingerprint density at radius 3 is 3.00 bits per heavy atom. The summed E-state index contributed by atoms with van der Waals surface area (Å²) in [4.78, 5) is 11.1. The van der Waals surface area contributed by atoms with E-state index >= 15 is 0 Å². The van der Waals surface area contributed by atoms with Gasteiger partial charge in [-0.3, -0.25) is 4.79 Å². The molecule has 11 heavy (non-hydrogen) atoms. The molecule has 1 atom stereocenters. The molecule has 1 saturated heterocycles. The Hall–Kier alpha value is -0.370. The monoisotopic (exact) mass is 153 g/mol. The Kier molecular flexibility index (Phi) is 3.57. The fraction of sp³-hybridized carbons (Fsp3) is 0.778. The van der Waals surface area contributed by atoms with Gasteiger partial charge >= 0.3 is 0 Å². The number of hydrogen-bond donors (Lipinski definition) is 1. The third-order valence-electron chi connectivity index (χ3n) is 2.15. The van der Waals surface area contributed by atoms with Crippen molar-refractivity contribution in [3.8, 4) is 0 Å². The Balaban J connectivity index is 2.36. The Morgan fingerprint density at radius 1 is 1.45 bits per heavy atom. The number of carbonyl (C=O) groups is 1. The van der Waals surface area contributed by atoms with Crippen LogP contribution in [0.4, 0.5) is 0 Å². The quantitative estimate of drug-likeness (QED) is 0.645. The number of carbonyl (C=O) groups excluding carboxylic acids is 1. The predicted molar refractivity (Wildman–Crippen MR) is 44.2 cm³/mol. The number of Topliss-reactive ketones (excluding diaryl/α,β-unsaturated/α-hetero) is 1. The van der Waals surface area contributed by atoms with Crippen molar-refractivity contribution in [2.45, 2.75) is 38.1 Å². The van der Waals surface area contributed by atoms with Crippen molar-refractivity contribution in [3.05, 3.63) is 6.92 Å². The van der Waals surface area contributed by atoms with Crippen LogP contribution in [0.25, 0.3) is 0 Å². The molecule has 0 amide bonds. The van der Waals surface area contributed by atoms with Crippen molar-refractivity contribution in [1.82, 2.24) is 5.32 Å². The van der Waals surface area contributed by atoms with Gasteiger partial charge < -0.3 is 5.32 Å². The van der Waals surface area contributed by atoms with Crippen LogP contribution in [-0.2, 0) is 4.79 Å². The summed E-state index contributed by atoms with van der Waals surface area (Å²) in [6.45, 7) is 6.23. The summed E-state index contributed by atoms with van der Waals surface area (Å²) in [5.41, 5.74) is 0. The molecule has 0 saturated carbocycles. The van der Waals surface area contributed by atoms with Gasteiger partial charge in [-0.25, -0.2) is 0 Å². The second-order valence-electron chi connectivity index (χ2n) is 3.03. The van der Waals surface area contributed by atoms with Crippen molar-refractivity contribution >= 4 is 5.78 Å². The average Bonchev–Trinajstić information content (AvgIpc) is 2.30. The molecule has 2 heteroatoms. The zero-order valence-corrected chi connectivity index (χ0v) is 6.81. The first kappa shape index (κ1) is 8.72. The summed E-state index contributed by atoms with van der Waals surface area (Å²) in [5.74, 6) is 0.159. The first-order valence-electron chi connectivity index (χ1n) is 4.31. The predicted octanol–water partition coefficient (Wildman–Crippen LogP) is 1.19. The van der Waals surface area contributed by atoms with Gasteiger partial charge in [0.2, 0.25) is 0 Å². The molecule has 1 fully saturated rings. The maximum absolute atomic E-state index is 11.1.